The molecule has 0 heterocycles. The highest BCUT2D eigenvalue weighted by molar-refractivity contribution is 5.24. The van der Waals surface area contributed by atoms with Crippen LogP contribution >= 0.6 is 0 Å². The molecule has 0 bridgehead atoms. The molecule has 0 amide bonds. The molecule has 0 aromatic rings. The Balaban J connectivity index is 2.87. The average molecular weight is 180 g/mol. The highest BCUT2D eigenvalue weighted by atomic mass is 16.5. The van der Waals surface area contributed by atoms with Crippen molar-refractivity contribution < 1.29 is 9.47 Å². The minimum atomic E-state index is -0.370. The van der Waals surface area contributed by atoms with Gasteiger partial charge in [-0.15, -0.1) is 6.58 Å². The van der Waals surface area contributed by atoms with Gasteiger partial charge in [0.05, 0.1) is 0 Å². The summed E-state index contributed by atoms with van der Waals surface area (Å²) in [5.41, 5.74) is -0.370. The third-order valence-electron chi connectivity index (χ3n) is 2.35. The second-order valence-corrected chi connectivity index (χ2v) is 3.05. The van der Waals surface area contributed by atoms with Gasteiger partial charge in [-0.2, -0.15) is 0 Å². The van der Waals surface area contributed by atoms with E-state index in [2.05, 4.69) is 6.58 Å². The lowest BCUT2D eigenvalue weighted by Gasteiger charge is -2.35. The molecular formula is C11H16O2. The Morgan fingerprint density at radius 3 is 2.77 bits per heavy atom. The van der Waals surface area contributed by atoms with Crippen molar-refractivity contribution in [2.75, 3.05) is 14.2 Å². The van der Waals surface area contributed by atoms with E-state index in [1.165, 1.54) is 0 Å². The Labute approximate surface area is 79.5 Å². The van der Waals surface area contributed by atoms with E-state index in [4.69, 9.17) is 9.47 Å². The van der Waals surface area contributed by atoms with E-state index in [-0.39, 0.29) is 11.7 Å². The summed E-state index contributed by atoms with van der Waals surface area (Å²) in [5.74, 6) is 0. The molecule has 0 N–H and O–H groups in total. The van der Waals surface area contributed by atoms with Crippen LogP contribution in [0.5, 0.6) is 0 Å². The molecule has 2 nitrogen and oxygen atoms in total. The summed E-state index contributed by atoms with van der Waals surface area (Å²) < 4.78 is 10.8. The first kappa shape index (κ1) is 10.2. The van der Waals surface area contributed by atoms with Crippen LogP contribution in [0.3, 0.4) is 0 Å². The molecule has 72 valence electrons. The molecule has 0 spiro atoms. The van der Waals surface area contributed by atoms with Crippen molar-refractivity contribution in [3.63, 3.8) is 0 Å². The summed E-state index contributed by atoms with van der Waals surface area (Å²) in [7, 11) is 3.38. The van der Waals surface area contributed by atoms with Gasteiger partial charge in [0.1, 0.15) is 11.7 Å². The first-order valence-electron chi connectivity index (χ1n) is 4.34. The second kappa shape index (κ2) is 4.40. The summed E-state index contributed by atoms with van der Waals surface area (Å²) in [6.07, 6.45) is 10.5. The topological polar surface area (TPSA) is 18.5 Å². The van der Waals surface area contributed by atoms with Crippen LogP contribution in [-0.2, 0) is 9.47 Å². The van der Waals surface area contributed by atoms with E-state index in [1.807, 2.05) is 30.4 Å². The van der Waals surface area contributed by atoms with Gasteiger partial charge < -0.3 is 9.47 Å². The fourth-order valence-electron chi connectivity index (χ4n) is 1.60. The summed E-state index contributed by atoms with van der Waals surface area (Å²) in [6, 6.07) is 0. The number of hydrogen-bond donors (Lipinski definition) is 0. The maximum Gasteiger partial charge on any atom is 0.119 e. The van der Waals surface area contributed by atoms with Gasteiger partial charge in [-0.05, 0) is 6.08 Å². The maximum atomic E-state index is 5.49. The van der Waals surface area contributed by atoms with Crippen molar-refractivity contribution in [1.29, 1.82) is 0 Å². The highest BCUT2D eigenvalue weighted by Gasteiger charge is 2.35. The van der Waals surface area contributed by atoms with Gasteiger partial charge in [-0.1, -0.05) is 24.3 Å². The first-order valence-corrected chi connectivity index (χ1v) is 4.34. The molecule has 0 saturated carbocycles. The summed E-state index contributed by atoms with van der Waals surface area (Å²) in [4.78, 5) is 0. The zero-order valence-electron chi connectivity index (χ0n) is 8.19. The van der Waals surface area contributed by atoms with Crippen LogP contribution in [0.15, 0.2) is 37.0 Å². The van der Waals surface area contributed by atoms with E-state index in [0.29, 0.717) is 0 Å². The molecule has 0 fully saturated rings. The Bertz CT molecular complexity index is 230. The van der Waals surface area contributed by atoms with Crippen molar-refractivity contribution >= 4 is 0 Å². The molecule has 2 atom stereocenters. The molecule has 0 aromatic carbocycles. The summed E-state index contributed by atoms with van der Waals surface area (Å²) >= 11 is 0. The molecule has 1 aliphatic carbocycles. The van der Waals surface area contributed by atoms with E-state index >= 15 is 0 Å². The number of ether oxygens (including phenoxy) is 2. The highest BCUT2D eigenvalue weighted by Crippen LogP contribution is 2.28. The largest absolute Gasteiger partial charge is 0.374 e. The lowest BCUT2D eigenvalue weighted by molar-refractivity contribution is -0.0642. The molecule has 2 unspecified atom stereocenters. The molecular weight excluding hydrogens is 164 g/mol. The zero-order chi connectivity index (χ0) is 9.73. The number of allylic oxidation sites excluding steroid dienone is 2. The smallest absolute Gasteiger partial charge is 0.119 e. The number of methoxy groups -OCH3 is 2. The van der Waals surface area contributed by atoms with Crippen LogP contribution in [-0.4, -0.2) is 25.9 Å². The predicted molar refractivity (Wildman–Crippen MR) is 53.6 cm³/mol. The van der Waals surface area contributed by atoms with Crippen LogP contribution in [0.25, 0.3) is 0 Å². The normalized spacial score (nSPS) is 32.0. The molecule has 0 saturated heterocycles. The van der Waals surface area contributed by atoms with E-state index in [1.54, 1.807) is 14.2 Å². The minimum Gasteiger partial charge on any atom is -0.374 e. The fraction of sp³-hybridized carbons (Fsp3) is 0.455. The van der Waals surface area contributed by atoms with Crippen LogP contribution < -0.4 is 0 Å². The lowest BCUT2D eigenvalue weighted by Crippen LogP contribution is -2.43. The summed E-state index contributed by atoms with van der Waals surface area (Å²) in [6.45, 7) is 3.72. The van der Waals surface area contributed by atoms with Crippen molar-refractivity contribution in [1.82, 2.24) is 0 Å². The lowest BCUT2D eigenvalue weighted by atomic mass is 9.88. The SMILES string of the molecule is C=CCC1(OC)C=CC=CC1OC. The van der Waals surface area contributed by atoms with Crippen molar-refractivity contribution in [2.45, 2.75) is 18.1 Å². The van der Waals surface area contributed by atoms with E-state index in [0.717, 1.165) is 6.42 Å². The van der Waals surface area contributed by atoms with E-state index in [9.17, 15) is 0 Å². The standard InChI is InChI=1S/C11H16O2/c1-4-8-11(13-3)9-6-5-7-10(11)12-2/h4-7,9-10H,1,8H2,2-3H3. The monoisotopic (exact) mass is 180 g/mol. The van der Waals surface area contributed by atoms with Crippen LogP contribution in [0, 0.1) is 0 Å². The van der Waals surface area contributed by atoms with Crippen LogP contribution in [0.2, 0.25) is 0 Å². The molecule has 1 aliphatic rings. The minimum absolute atomic E-state index is 0.0273. The zero-order valence-corrected chi connectivity index (χ0v) is 8.19. The molecule has 0 aromatic heterocycles. The van der Waals surface area contributed by atoms with Crippen LogP contribution in [0.1, 0.15) is 6.42 Å². The quantitative estimate of drug-likeness (QED) is 0.617. The van der Waals surface area contributed by atoms with Gasteiger partial charge in [-0.3, -0.25) is 0 Å². The second-order valence-electron chi connectivity index (χ2n) is 3.05. The summed E-state index contributed by atoms with van der Waals surface area (Å²) in [5, 5.41) is 0. The Hall–Kier alpha value is -0.860. The first-order chi connectivity index (χ1) is 6.29. The molecule has 13 heavy (non-hydrogen) atoms. The van der Waals surface area contributed by atoms with Crippen molar-refractivity contribution in [3.05, 3.63) is 37.0 Å². The van der Waals surface area contributed by atoms with Crippen molar-refractivity contribution in [3.8, 4) is 0 Å². The average Bonchev–Trinajstić information content (AvgIpc) is 2.19. The van der Waals surface area contributed by atoms with Gasteiger partial charge in [0.2, 0.25) is 0 Å². The third-order valence-corrected chi connectivity index (χ3v) is 2.35. The molecule has 0 aliphatic heterocycles. The molecule has 0 radical (unpaired) electrons. The number of hydrogen-bond acceptors (Lipinski definition) is 2. The fourth-order valence-corrected chi connectivity index (χ4v) is 1.60. The van der Waals surface area contributed by atoms with E-state index < -0.39 is 0 Å². The van der Waals surface area contributed by atoms with Gasteiger partial charge in [0, 0.05) is 20.6 Å². The number of rotatable bonds is 4. The Morgan fingerprint density at radius 2 is 2.23 bits per heavy atom. The van der Waals surface area contributed by atoms with Crippen LogP contribution in [0.4, 0.5) is 0 Å². The van der Waals surface area contributed by atoms with Gasteiger partial charge in [0.15, 0.2) is 0 Å². The Morgan fingerprint density at radius 1 is 1.46 bits per heavy atom. The Kier molecular flexibility index (Phi) is 3.46. The molecule has 2 heteroatoms. The van der Waals surface area contributed by atoms with Gasteiger partial charge >= 0.3 is 0 Å². The predicted octanol–water partition coefficient (Wildman–Crippen LogP) is 2.09. The van der Waals surface area contributed by atoms with Crippen molar-refractivity contribution in [2.24, 2.45) is 0 Å². The van der Waals surface area contributed by atoms with Gasteiger partial charge in [0.25, 0.3) is 0 Å². The van der Waals surface area contributed by atoms with Gasteiger partial charge in [-0.25, -0.2) is 0 Å². The maximum absolute atomic E-state index is 5.49. The third kappa shape index (κ3) is 1.90. The molecule has 1 rings (SSSR count).